The van der Waals surface area contributed by atoms with Crippen molar-refractivity contribution in [3.63, 3.8) is 0 Å². The summed E-state index contributed by atoms with van der Waals surface area (Å²) in [4.78, 5) is 24.6. The summed E-state index contributed by atoms with van der Waals surface area (Å²) in [5, 5.41) is 4.42. The highest BCUT2D eigenvalue weighted by Gasteiger charge is 2.34. The van der Waals surface area contributed by atoms with Gasteiger partial charge in [-0.2, -0.15) is 0 Å². The van der Waals surface area contributed by atoms with Crippen LogP contribution in [0.15, 0.2) is 53.9 Å². The number of rotatable bonds is 6. The Kier molecular flexibility index (Phi) is 5.57. The van der Waals surface area contributed by atoms with E-state index in [-0.39, 0.29) is 11.9 Å². The summed E-state index contributed by atoms with van der Waals surface area (Å²) in [5.74, 6) is 0.738. The van der Waals surface area contributed by atoms with Crippen LogP contribution in [0.2, 0.25) is 5.02 Å². The van der Waals surface area contributed by atoms with E-state index in [1.165, 1.54) is 11.3 Å². The van der Waals surface area contributed by atoms with Crippen LogP contribution in [0.3, 0.4) is 0 Å². The lowest BCUT2D eigenvalue weighted by atomic mass is 10.0. The number of aryl methyl sites for hydroxylation is 1. The molecule has 1 aliphatic carbocycles. The highest BCUT2D eigenvalue weighted by atomic mass is 35.5. The molecule has 1 saturated carbocycles. The number of fused-ring (bicyclic) bond motifs is 1. The van der Waals surface area contributed by atoms with Gasteiger partial charge in [0.2, 0.25) is 0 Å². The number of pyridine rings is 1. The summed E-state index contributed by atoms with van der Waals surface area (Å²) in [6.45, 7) is 2.40. The molecule has 7 heteroatoms. The summed E-state index contributed by atoms with van der Waals surface area (Å²) in [6, 6.07) is 15.9. The molecule has 1 fully saturated rings. The monoisotopic (exact) mass is 463 g/mol. The largest absolute Gasteiger partial charge is 0.497 e. The molecule has 0 aliphatic heterocycles. The maximum atomic E-state index is 13.3. The zero-order valence-corrected chi connectivity index (χ0v) is 19.4. The maximum absolute atomic E-state index is 13.3. The normalized spacial score (nSPS) is 13.3. The van der Waals surface area contributed by atoms with Crippen LogP contribution in [0.25, 0.3) is 22.2 Å². The van der Waals surface area contributed by atoms with E-state index in [2.05, 4.69) is 11.1 Å². The molecule has 0 bridgehead atoms. The van der Waals surface area contributed by atoms with Gasteiger partial charge in [0.1, 0.15) is 11.4 Å². The number of amides is 1. The molecule has 4 aromatic rings. The summed E-state index contributed by atoms with van der Waals surface area (Å²) in [5.41, 5.74) is 4.16. The van der Waals surface area contributed by atoms with Crippen molar-refractivity contribution in [3.05, 3.63) is 75.2 Å². The van der Waals surface area contributed by atoms with E-state index in [1.807, 2.05) is 59.7 Å². The van der Waals surface area contributed by atoms with E-state index in [0.717, 1.165) is 51.3 Å². The highest BCUT2D eigenvalue weighted by Crippen LogP contribution is 2.34. The fourth-order valence-electron chi connectivity index (χ4n) is 3.84. The molecular formula is C25H22ClN3O2S. The van der Waals surface area contributed by atoms with Gasteiger partial charge in [0.05, 0.1) is 23.3 Å². The Balaban J connectivity index is 1.59. The predicted octanol–water partition coefficient (Wildman–Crippen LogP) is 6.13. The zero-order chi connectivity index (χ0) is 22.2. The van der Waals surface area contributed by atoms with Crippen molar-refractivity contribution in [1.29, 1.82) is 0 Å². The Morgan fingerprint density at radius 3 is 2.59 bits per heavy atom. The van der Waals surface area contributed by atoms with Gasteiger partial charge in [-0.25, -0.2) is 9.97 Å². The number of halogens is 1. The second-order valence-electron chi connectivity index (χ2n) is 7.98. The van der Waals surface area contributed by atoms with Crippen LogP contribution in [0.4, 0.5) is 0 Å². The van der Waals surface area contributed by atoms with Gasteiger partial charge in [0.15, 0.2) is 0 Å². The van der Waals surface area contributed by atoms with Gasteiger partial charge in [-0.1, -0.05) is 23.7 Å². The summed E-state index contributed by atoms with van der Waals surface area (Å²) < 4.78 is 5.38. The van der Waals surface area contributed by atoms with Crippen molar-refractivity contribution >= 4 is 39.7 Å². The minimum atomic E-state index is -0.0197. The molecule has 2 aromatic carbocycles. The van der Waals surface area contributed by atoms with Crippen molar-refractivity contribution < 1.29 is 9.53 Å². The lowest BCUT2D eigenvalue weighted by Crippen LogP contribution is -2.33. The standard InChI is InChI=1S/C25H22ClN3O2S/c1-15-27-23(14-32-15)25(30)29(20-8-9-20)13-18-11-17-5-10-21(31-2)12-22(17)28-24(18)16-3-6-19(26)7-4-16/h3-7,10-12,14,20H,8-9,13H2,1-2H3. The molecule has 0 saturated heterocycles. The number of carbonyl (C=O) groups excluding carboxylic acids is 1. The Morgan fingerprint density at radius 2 is 1.94 bits per heavy atom. The van der Waals surface area contributed by atoms with Crippen molar-refractivity contribution in [2.24, 2.45) is 0 Å². The van der Waals surface area contributed by atoms with Crippen molar-refractivity contribution in [3.8, 4) is 17.0 Å². The second-order valence-corrected chi connectivity index (χ2v) is 9.48. The van der Waals surface area contributed by atoms with Gasteiger partial charge < -0.3 is 9.64 Å². The molecule has 5 rings (SSSR count). The Bertz CT molecular complexity index is 1300. The van der Waals surface area contributed by atoms with E-state index in [1.54, 1.807) is 7.11 Å². The number of nitrogens with zero attached hydrogens (tertiary/aromatic N) is 3. The third kappa shape index (κ3) is 4.20. The summed E-state index contributed by atoms with van der Waals surface area (Å²) in [6.07, 6.45) is 2.03. The number of methoxy groups -OCH3 is 1. The fraction of sp³-hybridized carbons (Fsp3) is 0.240. The lowest BCUT2D eigenvalue weighted by Gasteiger charge is -2.23. The zero-order valence-electron chi connectivity index (χ0n) is 17.8. The van der Waals surface area contributed by atoms with Crippen molar-refractivity contribution in [1.82, 2.24) is 14.9 Å². The second kappa shape index (κ2) is 8.52. The van der Waals surface area contributed by atoms with Crippen LogP contribution >= 0.6 is 22.9 Å². The minimum absolute atomic E-state index is 0.0197. The highest BCUT2D eigenvalue weighted by molar-refractivity contribution is 7.09. The molecule has 2 heterocycles. The van der Waals surface area contributed by atoms with Crippen LogP contribution < -0.4 is 4.74 Å². The quantitative estimate of drug-likeness (QED) is 0.345. The molecule has 0 unspecified atom stereocenters. The molecule has 2 aromatic heterocycles. The molecule has 0 radical (unpaired) electrons. The number of carbonyl (C=O) groups is 1. The molecule has 0 spiro atoms. The third-order valence-corrected chi connectivity index (χ3v) is 6.67. The van der Waals surface area contributed by atoms with Gasteiger partial charge in [0, 0.05) is 40.0 Å². The van der Waals surface area contributed by atoms with Crippen LogP contribution in [0.5, 0.6) is 5.75 Å². The van der Waals surface area contributed by atoms with Crippen LogP contribution in [0.1, 0.15) is 33.9 Å². The Hall–Kier alpha value is -2.96. The van der Waals surface area contributed by atoms with Crippen molar-refractivity contribution in [2.45, 2.75) is 32.4 Å². The van der Waals surface area contributed by atoms with Gasteiger partial charge in [-0.3, -0.25) is 4.79 Å². The fourth-order valence-corrected chi connectivity index (χ4v) is 4.55. The average Bonchev–Trinajstić information content (AvgIpc) is 3.56. The molecule has 1 aliphatic rings. The van der Waals surface area contributed by atoms with Crippen molar-refractivity contribution in [2.75, 3.05) is 7.11 Å². The van der Waals surface area contributed by atoms with Gasteiger partial charge in [-0.05, 0) is 55.7 Å². The molecule has 32 heavy (non-hydrogen) atoms. The Labute approximate surface area is 195 Å². The Morgan fingerprint density at radius 1 is 1.16 bits per heavy atom. The smallest absolute Gasteiger partial charge is 0.273 e. The van der Waals surface area contributed by atoms with E-state index in [4.69, 9.17) is 21.3 Å². The van der Waals surface area contributed by atoms with Crippen LogP contribution in [0, 0.1) is 6.92 Å². The topological polar surface area (TPSA) is 55.3 Å². The minimum Gasteiger partial charge on any atom is -0.497 e. The van der Waals surface area contributed by atoms with E-state index < -0.39 is 0 Å². The number of thiazole rings is 1. The molecule has 0 N–H and O–H groups in total. The number of aromatic nitrogens is 2. The maximum Gasteiger partial charge on any atom is 0.273 e. The number of hydrogen-bond donors (Lipinski definition) is 0. The SMILES string of the molecule is COc1ccc2cc(CN(C(=O)c3csc(C)n3)C3CC3)c(-c3ccc(Cl)cc3)nc2c1. The molecule has 1 amide bonds. The molecule has 5 nitrogen and oxygen atoms in total. The van der Waals surface area contributed by atoms with Crippen LogP contribution in [-0.4, -0.2) is 33.9 Å². The number of ether oxygens (including phenoxy) is 1. The molecule has 162 valence electrons. The van der Waals surface area contributed by atoms with Crippen LogP contribution in [-0.2, 0) is 6.54 Å². The lowest BCUT2D eigenvalue weighted by molar-refractivity contribution is 0.0725. The average molecular weight is 464 g/mol. The molecular weight excluding hydrogens is 442 g/mol. The van der Waals surface area contributed by atoms with E-state index >= 15 is 0 Å². The summed E-state index contributed by atoms with van der Waals surface area (Å²) in [7, 11) is 1.65. The van der Waals surface area contributed by atoms with E-state index in [0.29, 0.717) is 17.3 Å². The first kappa shape index (κ1) is 20.9. The number of hydrogen-bond acceptors (Lipinski definition) is 5. The number of benzene rings is 2. The molecule has 0 atom stereocenters. The van der Waals surface area contributed by atoms with Gasteiger partial charge >= 0.3 is 0 Å². The van der Waals surface area contributed by atoms with Gasteiger partial charge in [-0.15, -0.1) is 11.3 Å². The predicted molar refractivity (Wildman–Crippen MR) is 128 cm³/mol. The van der Waals surface area contributed by atoms with E-state index in [9.17, 15) is 4.79 Å². The first-order valence-corrected chi connectivity index (χ1v) is 11.7. The summed E-state index contributed by atoms with van der Waals surface area (Å²) >= 11 is 7.62. The first-order valence-electron chi connectivity index (χ1n) is 10.5. The first-order chi connectivity index (χ1) is 15.5. The van der Waals surface area contributed by atoms with Gasteiger partial charge in [0.25, 0.3) is 5.91 Å². The third-order valence-electron chi connectivity index (χ3n) is 5.65.